The average Bonchev–Trinajstić information content (AvgIpc) is 2.43. The van der Waals surface area contributed by atoms with Gasteiger partial charge >= 0.3 is 0 Å². The third-order valence-electron chi connectivity index (χ3n) is 3.42. The Morgan fingerprint density at radius 1 is 1.11 bits per heavy atom. The topological polar surface area (TPSA) is 32.3 Å². The van der Waals surface area contributed by atoms with Crippen LogP contribution in [-0.4, -0.2) is 23.8 Å². The average molecular weight is 249 g/mol. The molecule has 0 aliphatic heterocycles. The van der Waals surface area contributed by atoms with E-state index in [1.54, 1.807) is 0 Å². The Bertz CT molecular complexity index is 299. The van der Waals surface area contributed by atoms with Gasteiger partial charge in [0.15, 0.2) is 0 Å². The van der Waals surface area contributed by atoms with Gasteiger partial charge in [0.1, 0.15) is 0 Å². The van der Waals surface area contributed by atoms with Gasteiger partial charge in [-0.05, 0) is 24.8 Å². The van der Waals surface area contributed by atoms with Crippen LogP contribution in [0.5, 0.6) is 0 Å². The van der Waals surface area contributed by atoms with Crippen LogP contribution in [0.4, 0.5) is 0 Å². The molecule has 2 atom stereocenters. The second kappa shape index (κ2) is 9.12. The second-order valence-electron chi connectivity index (χ2n) is 4.98. The molecule has 0 fully saturated rings. The Morgan fingerprint density at radius 3 is 2.39 bits per heavy atom. The lowest BCUT2D eigenvalue weighted by Gasteiger charge is -2.23. The zero-order valence-corrected chi connectivity index (χ0v) is 11.7. The van der Waals surface area contributed by atoms with Crippen molar-refractivity contribution in [1.82, 2.24) is 5.32 Å². The highest BCUT2D eigenvalue weighted by molar-refractivity contribution is 5.15. The van der Waals surface area contributed by atoms with Crippen LogP contribution in [0.25, 0.3) is 0 Å². The van der Waals surface area contributed by atoms with E-state index in [0.29, 0.717) is 6.04 Å². The number of hydrogen-bond acceptors (Lipinski definition) is 2. The molecule has 2 N–H and O–H groups in total. The summed E-state index contributed by atoms with van der Waals surface area (Å²) in [5.41, 5.74) is 1.29. The van der Waals surface area contributed by atoms with Crippen molar-refractivity contribution < 1.29 is 5.11 Å². The van der Waals surface area contributed by atoms with Crippen LogP contribution in [0.1, 0.15) is 45.1 Å². The minimum atomic E-state index is 0.175. The normalized spacial score (nSPS) is 14.4. The largest absolute Gasteiger partial charge is 0.395 e. The summed E-state index contributed by atoms with van der Waals surface area (Å²) in [4.78, 5) is 0. The Labute approximate surface area is 111 Å². The van der Waals surface area contributed by atoms with Crippen molar-refractivity contribution in [3.8, 4) is 0 Å². The van der Waals surface area contributed by atoms with Gasteiger partial charge in [0, 0.05) is 12.1 Å². The summed E-state index contributed by atoms with van der Waals surface area (Å²) in [5, 5.41) is 13.1. The number of benzene rings is 1. The summed E-state index contributed by atoms with van der Waals surface area (Å²) in [5.74, 6) is 0. The number of aliphatic hydroxyl groups is 1. The van der Waals surface area contributed by atoms with Crippen LogP contribution < -0.4 is 5.32 Å². The van der Waals surface area contributed by atoms with Gasteiger partial charge in [-0.2, -0.15) is 0 Å². The standard InChI is InChI=1S/C16H27NO/c1-3-5-11-15(4-2)17-16(13-18)12-14-9-7-6-8-10-14/h6-10,15-18H,3-5,11-13H2,1-2H3/t15?,16-/m1/s1. The van der Waals surface area contributed by atoms with E-state index in [1.807, 2.05) is 6.07 Å². The van der Waals surface area contributed by atoms with Crippen molar-refractivity contribution in [1.29, 1.82) is 0 Å². The van der Waals surface area contributed by atoms with Gasteiger partial charge in [0.2, 0.25) is 0 Å². The molecule has 2 heteroatoms. The third kappa shape index (κ3) is 5.65. The van der Waals surface area contributed by atoms with Gasteiger partial charge in [-0.25, -0.2) is 0 Å². The Kier molecular flexibility index (Phi) is 7.70. The van der Waals surface area contributed by atoms with Gasteiger partial charge in [0.05, 0.1) is 6.61 Å². The number of aliphatic hydroxyl groups excluding tert-OH is 1. The van der Waals surface area contributed by atoms with Gasteiger partial charge in [0.25, 0.3) is 0 Å². The van der Waals surface area contributed by atoms with E-state index in [9.17, 15) is 5.11 Å². The van der Waals surface area contributed by atoms with E-state index in [-0.39, 0.29) is 12.6 Å². The zero-order valence-electron chi connectivity index (χ0n) is 11.7. The van der Waals surface area contributed by atoms with Crippen molar-refractivity contribution in [3.05, 3.63) is 35.9 Å². The lowest BCUT2D eigenvalue weighted by molar-refractivity contribution is 0.225. The quantitative estimate of drug-likeness (QED) is 0.704. The Balaban J connectivity index is 2.45. The fraction of sp³-hybridized carbons (Fsp3) is 0.625. The molecule has 1 aromatic carbocycles. The molecule has 2 nitrogen and oxygen atoms in total. The summed E-state index contributed by atoms with van der Waals surface area (Å²) < 4.78 is 0. The second-order valence-corrected chi connectivity index (χ2v) is 4.98. The molecule has 0 saturated carbocycles. The maximum atomic E-state index is 9.49. The molecule has 0 aromatic heterocycles. The van der Waals surface area contributed by atoms with Crippen LogP contribution in [0.3, 0.4) is 0 Å². The first-order valence-corrected chi connectivity index (χ1v) is 7.21. The molecule has 0 aliphatic carbocycles. The first-order valence-electron chi connectivity index (χ1n) is 7.21. The molecule has 0 radical (unpaired) electrons. The maximum absolute atomic E-state index is 9.49. The monoisotopic (exact) mass is 249 g/mol. The van der Waals surface area contributed by atoms with E-state index in [4.69, 9.17) is 0 Å². The summed E-state index contributed by atoms with van der Waals surface area (Å²) in [6, 6.07) is 11.1. The maximum Gasteiger partial charge on any atom is 0.0587 e. The van der Waals surface area contributed by atoms with E-state index in [1.165, 1.54) is 24.8 Å². The van der Waals surface area contributed by atoms with Crippen LogP contribution in [0.15, 0.2) is 30.3 Å². The zero-order chi connectivity index (χ0) is 13.2. The molecular weight excluding hydrogens is 222 g/mol. The van der Waals surface area contributed by atoms with Gasteiger partial charge in [-0.1, -0.05) is 57.0 Å². The molecule has 1 unspecified atom stereocenters. The SMILES string of the molecule is CCCCC(CC)N[C@@H](CO)Cc1ccccc1. The van der Waals surface area contributed by atoms with Crippen LogP contribution >= 0.6 is 0 Å². The Hall–Kier alpha value is -0.860. The van der Waals surface area contributed by atoms with Gasteiger partial charge < -0.3 is 10.4 Å². The highest BCUT2D eigenvalue weighted by Gasteiger charge is 2.13. The number of nitrogens with one attached hydrogen (secondary N) is 1. The number of hydrogen-bond donors (Lipinski definition) is 2. The minimum absolute atomic E-state index is 0.175. The fourth-order valence-electron chi connectivity index (χ4n) is 2.26. The van der Waals surface area contributed by atoms with Crippen molar-refractivity contribution in [2.24, 2.45) is 0 Å². The van der Waals surface area contributed by atoms with Gasteiger partial charge in [-0.3, -0.25) is 0 Å². The predicted octanol–water partition coefficient (Wildman–Crippen LogP) is 3.15. The van der Waals surface area contributed by atoms with Crippen molar-refractivity contribution >= 4 is 0 Å². The van der Waals surface area contributed by atoms with E-state index in [0.717, 1.165) is 12.8 Å². The molecule has 1 rings (SSSR count). The summed E-state index contributed by atoms with van der Waals surface area (Å²) in [6.07, 6.45) is 5.74. The summed E-state index contributed by atoms with van der Waals surface area (Å²) in [6.45, 7) is 4.64. The molecule has 0 saturated heterocycles. The number of unbranched alkanes of at least 4 members (excludes halogenated alkanes) is 1. The lowest BCUT2D eigenvalue weighted by atomic mass is 10.0. The fourth-order valence-corrected chi connectivity index (χ4v) is 2.26. The van der Waals surface area contributed by atoms with Crippen molar-refractivity contribution in [2.45, 2.75) is 58.0 Å². The van der Waals surface area contributed by atoms with E-state index >= 15 is 0 Å². The Morgan fingerprint density at radius 2 is 1.83 bits per heavy atom. The van der Waals surface area contributed by atoms with Gasteiger partial charge in [-0.15, -0.1) is 0 Å². The molecule has 0 heterocycles. The molecule has 1 aromatic rings. The first kappa shape index (κ1) is 15.2. The van der Waals surface area contributed by atoms with E-state index < -0.39 is 0 Å². The van der Waals surface area contributed by atoms with Crippen molar-refractivity contribution in [3.63, 3.8) is 0 Å². The highest BCUT2D eigenvalue weighted by Crippen LogP contribution is 2.08. The van der Waals surface area contributed by atoms with Crippen molar-refractivity contribution in [2.75, 3.05) is 6.61 Å². The summed E-state index contributed by atoms with van der Waals surface area (Å²) in [7, 11) is 0. The molecular formula is C16H27NO. The van der Waals surface area contributed by atoms with Crippen LogP contribution in [0, 0.1) is 0 Å². The first-order chi connectivity index (χ1) is 8.80. The smallest absolute Gasteiger partial charge is 0.0587 e. The number of rotatable bonds is 9. The van der Waals surface area contributed by atoms with E-state index in [2.05, 4.69) is 43.4 Å². The molecule has 18 heavy (non-hydrogen) atoms. The highest BCUT2D eigenvalue weighted by atomic mass is 16.3. The molecule has 0 spiro atoms. The molecule has 0 bridgehead atoms. The molecule has 0 amide bonds. The van der Waals surface area contributed by atoms with Crippen LogP contribution in [0.2, 0.25) is 0 Å². The summed E-state index contributed by atoms with van der Waals surface area (Å²) >= 11 is 0. The molecule has 102 valence electrons. The van der Waals surface area contributed by atoms with Crippen LogP contribution in [-0.2, 0) is 6.42 Å². The minimum Gasteiger partial charge on any atom is -0.395 e. The molecule has 0 aliphatic rings. The predicted molar refractivity (Wildman–Crippen MR) is 77.8 cm³/mol. The third-order valence-corrected chi connectivity index (χ3v) is 3.42. The lowest BCUT2D eigenvalue weighted by Crippen LogP contribution is -2.41.